The van der Waals surface area contributed by atoms with E-state index in [1.165, 1.54) is 0 Å². The third kappa shape index (κ3) is 4.56. The van der Waals surface area contributed by atoms with Crippen molar-refractivity contribution in [2.24, 2.45) is 0 Å². The molecule has 2 N–H and O–H groups in total. The third-order valence-electron chi connectivity index (χ3n) is 3.06. The van der Waals surface area contributed by atoms with Crippen LogP contribution in [0.3, 0.4) is 0 Å². The van der Waals surface area contributed by atoms with E-state index < -0.39 is 6.10 Å². The van der Waals surface area contributed by atoms with Gasteiger partial charge in [-0.3, -0.25) is 4.79 Å². The van der Waals surface area contributed by atoms with E-state index in [1.807, 2.05) is 42.5 Å². The molecule has 0 aliphatic heterocycles. The molecule has 110 valence electrons. The van der Waals surface area contributed by atoms with Crippen molar-refractivity contribution in [3.63, 3.8) is 0 Å². The molecule has 2 rings (SSSR count). The summed E-state index contributed by atoms with van der Waals surface area (Å²) in [6.45, 7) is 0. The largest absolute Gasteiger partial charge is 0.388 e. The molecule has 0 spiro atoms. The maximum absolute atomic E-state index is 11.5. The molecule has 0 saturated carbocycles. The Bertz CT molecular complexity index is 619. The van der Waals surface area contributed by atoms with Crippen LogP contribution in [0.5, 0.6) is 0 Å². The fourth-order valence-corrected chi connectivity index (χ4v) is 2.51. The molecule has 2 aromatic carbocycles. The van der Waals surface area contributed by atoms with Crippen LogP contribution in [-0.4, -0.2) is 16.9 Å². The van der Waals surface area contributed by atoms with E-state index in [1.54, 1.807) is 6.07 Å². The Hall–Kier alpha value is -1.36. The van der Waals surface area contributed by atoms with Crippen LogP contribution in [0.4, 0.5) is 5.69 Å². The number of aliphatic hydroxyl groups is 1. The van der Waals surface area contributed by atoms with Crippen molar-refractivity contribution in [3.05, 3.63) is 64.1 Å². The van der Waals surface area contributed by atoms with Crippen molar-refractivity contribution in [1.82, 2.24) is 0 Å². The average molecular weight is 369 g/mol. The molecule has 2 aromatic rings. The zero-order chi connectivity index (χ0) is 15.2. The van der Waals surface area contributed by atoms with Gasteiger partial charge >= 0.3 is 0 Å². The minimum Gasteiger partial charge on any atom is -0.388 e. The van der Waals surface area contributed by atoms with Crippen molar-refractivity contribution < 1.29 is 9.90 Å². The lowest BCUT2D eigenvalue weighted by molar-refractivity contribution is -0.113. The summed E-state index contributed by atoms with van der Waals surface area (Å²) >= 11 is 8.92. The molecule has 1 amide bonds. The number of alkyl halides is 1. The normalized spacial score (nSPS) is 12.0. The van der Waals surface area contributed by atoms with E-state index in [2.05, 4.69) is 21.2 Å². The van der Waals surface area contributed by atoms with Crippen LogP contribution in [0.25, 0.3) is 0 Å². The molecular formula is C16H15BrClNO2. The quantitative estimate of drug-likeness (QED) is 0.786. The highest BCUT2D eigenvalue weighted by Gasteiger charge is 2.13. The summed E-state index contributed by atoms with van der Waals surface area (Å²) in [5.41, 5.74) is 2.35. The second-order valence-electron chi connectivity index (χ2n) is 4.61. The van der Waals surface area contributed by atoms with Gasteiger partial charge in [-0.15, -0.1) is 11.6 Å². The number of carbonyl (C=O) groups is 1. The van der Waals surface area contributed by atoms with E-state index in [0.717, 1.165) is 15.6 Å². The molecule has 0 fully saturated rings. The van der Waals surface area contributed by atoms with E-state index in [-0.39, 0.29) is 11.8 Å². The first-order chi connectivity index (χ1) is 10.1. The highest BCUT2D eigenvalue weighted by atomic mass is 79.9. The van der Waals surface area contributed by atoms with Gasteiger partial charge in [0, 0.05) is 16.6 Å². The van der Waals surface area contributed by atoms with E-state index >= 15 is 0 Å². The lowest BCUT2D eigenvalue weighted by Crippen LogP contribution is -2.15. The number of nitrogens with one attached hydrogen (secondary N) is 1. The first-order valence-corrected chi connectivity index (χ1v) is 7.80. The molecule has 5 heteroatoms. The molecule has 3 nitrogen and oxygen atoms in total. The van der Waals surface area contributed by atoms with Crippen LogP contribution in [0.1, 0.15) is 17.2 Å². The maximum Gasteiger partial charge on any atom is 0.239 e. The number of hydrogen-bond acceptors (Lipinski definition) is 2. The van der Waals surface area contributed by atoms with Crippen molar-refractivity contribution in [2.45, 2.75) is 12.5 Å². The fraction of sp³-hybridized carbons (Fsp3) is 0.188. The number of halogens is 2. The van der Waals surface area contributed by atoms with Gasteiger partial charge in [-0.2, -0.15) is 0 Å². The first kappa shape index (κ1) is 16.0. The van der Waals surface area contributed by atoms with Gasteiger partial charge in [0.15, 0.2) is 0 Å². The molecule has 1 unspecified atom stereocenters. The number of anilines is 1. The molecular weight excluding hydrogens is 354 g/mol. The van der Waals surface area contributed by atoms with E-state index in [4.69, 9.17) is 11.6 Å². The highest BCUT2D eigenvalue weighted by Crippen LogP contribution is 2.26. The Balaban J connectivity index is 2.22. The van der Waals surface area contributed by atoms with Crippen LogP contribution in [0, 0.1) is 0 Å². The summed E-state index contributed by atoms with van der Waals surface area (Å²) in [5.74, 6) is -0.369. The second kappa shape index (κ2) is 7.59. The Labute approximate surface area is 137 Å². The zero-order valence-corrected chi connectivity index (χ0v) is 13.6. The van der Waals surface area contributed by atoms with Gasteiger partial charge in [0.1, 0.15) is 5.88 Å². The van der Waals surface area contributed by atoms with Gasteiger partial charge in [0.05, 0.1) is 6.10 Å². The number of carbonyl (C=O) groups excluding carboxylic acids is 1. The van der Waals surface area contributed by atoms with Gasteiger partial charge in [-0.1, -0.05) is 46.3 Å². The molecule has 0 aliphatic rings. The summed E-state index contributed by atoms with van der Waals surface area (Å²) in [5, 5.41) is 13.1. The molecule has 1 atom stereocenters. The summed E-state index contributed by atoms with van der Waals surface area (Å²) < 4.78 is 0.890. The van der Waals surface area contributed by atoms with Crippen LogP contribution < -0.4 is 5.32 Å². The van der Waals surface area contributed by atoms with Crippen LogP contribution in [-0.2, 0) is 11.2 Å². The topological polar surface area (TPSA) is 49.3 Å². The summed E-state index contributed by atoms with van der Waals surface area (Å²) in [6, 6.07) is 14.9. The van der Waals surface area contributed by atoms with Gasteiger partial charge in [0.2, 0.25) is 5.91 Å². The first-order valence-electron chi connectivity index (χ1n) is 6.47. The average Bonchev–Trinajstić information content (AvgIpc) is 2.50. The monoisotopic (exact) mass is 367 g/mol. The molecule has 0 bridgehead atoms. The smallest absolute Gasteiger partial charge is 0.239 e. The van der Waals surface area contributed by atoms with Gasteiger partial charge in [0.25, 0.3) is 0 Å². The second-order valence-corrected chi connectivity index (χ2v) is 5.80. The Morgan fingerprint density at radius 2 is 1.95 bits per heavy atom. The van der Waals surface area contributed by atoms with Crippen molar-refractivity contribution in [1.29, 1.82) is 0 Å². The van der Waals surface area contributed by atoms with Crippen molar-refractivity contribution in [3.8, 4) is 0 Å². The van der Waals surface area contributed by atoms with Crippen LogP contribution >= 0.6 is 27.5 Å². The van der Waals surface area contributed by atoms with Gasteiger partial charge < -0.3 is 10.4 Å². The summed E-state index contributed by atoms with van der Waals surface area (Å²) in [4.78, 5) is 11.5. The standard InChI is InChI=1S/C16H15BrClNO2/c17-13-6-7-14(19-16(21)10-18)12(8-13)9-15(20)11-4-2-1-3-5-11/h1-8,15,20H,9-10H2,(H,19,21). The predicted octanol–water partition coefficient (Wildman–Crippen LogP) is 3.90. The Kier molecular flexibility index (Phi) is 5.79. The molecule has 0 aliphatic carbocycles. The molecule has 0 radical (unpaired) electrons. The number of benzene rings is 2. The lowest BCUT2D eigenvalue weighted by Gasteiger charge is -2.15. The number of amides is 1. The van der Waals surface area contributed by atoms with Gasteiger partial charge in [-0.25, -0.2) is 0 Å². The van der Waals surface area contributed by atoms with Crippen LogP contribution in [0.15, 0.2) is 53.0 Å². The molecule has 0 aromatic heterocycles. The Morgan fingerprint density at radius 1 is 1.24 bits per heavy atom. The molecule has 0 saturated heterocycles. The van der Waals surface area contributed by atoms with E-state index in [9.17, 15) is 9.90 Å². The van der Waals surface area contributed by atoms with Crippen molar-refractivity contribution in [2.75, 3.05) is 11.2 Å². The number of rotatable bonds is 5. The molecule has 0 heterocycles. The Morgan fingerprint density at radius 3 is 2.62 bits per heavy atom. The number of hydrogen-bond donors (Lipinski definition) is 2. The van der Waals surface area contributed by atoms with Crippen LogP contribution in [0.2, 0.25) is 0 Å². The van der Waals surface area contributed by atoms with Crippen molar-refractivity contribution >= 4 is 39.1 Å². The van der Waals surface area contributed by atoms with E-state index in [0.29, 0.717) is 12.1 Å². The SMILES string of the molecule is O=C(CCl)Nc1ccc(Br)cc1CC(O)c1ccccc1. The minimum absolute atomic E-state index is 0.100. The minimum atomic E-state index is -0.632. The highest BCUT2D eigenvalue weighted by molar-refractivity contribution is 9.10. The fourth-order valence-electron chi connectivity index (χ4n) is 2.04. The number of aliphatic hydroxyl groups excluding tert-OH is 1. The lowest BCUT2D eigenvalue weighted by atomic mass is 10.00. The third-order valence-corrected chi connectivity index (χ3v) is 3.80. The molecule has 21 heavy (non-hydrogen) atoms. The zero-order valence-electron chi connectivity index (χ0n) is 11.2. The van der Waals surface area contributed by atoms with Gasteiger partial charge in [-0.05, 0) is 29.3 Å². The maximum atomic E-state index is 11.5. The summed E-state index contributed by atoms with van der Waals surface area (Å²) in [6.07, 6.45) is -0.228. The summed E-state index contributed by atoms with van der Waals surface area (Å²) in [7, 11) is 0. The predicted molar refractivity (Wildman–Crippen MR) is 88.6 cm³/mol.